The van der Waals surface area contributed by atoms with Crippen molar-refractivity contribution in [2.45, 2.75) is 75.4 Å². The lowest BCUT2D eigenvalue weighted by molar-refractivity contribution is -0.127. The average Bonchev–Trinajstić information content (AvgIpc) is 3.45. The molecule has 2 saturated carbocycles. The normalized spacial score (nSPS) is 23.0. The Morgan fingerprint density at radius 2 is 1.60 bits per heavy atom. The molecule has 2 aliphatic carbocycles. The number of carbonyl (C=O) groups excluding carboxylic acids is 2. The van der Waals surface area contributed by atoms with Gasteiger partial charge in [-0.05, 0) is 42.9 Å². The summed E-state index contributed by atoms with van der Waals surface area (Å²) in [4.78, 5) is 29.5. The van der Waals surface area contributed by atoms with Crippen LogP contribution in [-0.2, 0) is 11.3 Å². The first-order valence-corrected chi connectivity index (χ1v) is 11.4. The van der Waals surface area contributed by atoms with E-state index in [4.69, 9.17) is 0 Å². The Labute approximate surface area is 178 Å². The first kappa shape index (κ1) is 19.3. The minimum Gasteiger partial charge on any atom is -0.353 e. The van der Waals surface area contributed by atoms with Crippen molar-refractivity contribution in [3.8, 4) is 0 Å². The van der Waals surface area contributed by atoms with Crippen LogP contribution in [0.3, 0.4) is 0 Å². The van der Waals surface area contributed by atoms with Crippen molar-refractivity contribution < 1.29 is 9.59 Å². The van der Waals surface area contributed by atoms with Crippen molar-refractivity contribution in [3.63, 3.8) is 0 Å². The van der Waals surface area contributed by atoms with Crippen molar-refractivity contribution >= 4 is 11.8 Å². The van der Waals surface area contributed by atoms with E-state index in [9.17, 15) is 9.59 Å². The average molecular weight is 403 g/mol. The highest BCUT2D eigenvalue weighted by molar-refractivity contribution is 6.02. The molecule has 2 fully saturated rings. The Bertz CT molecular complexity index is 927. The minimum absolute atomic E-state index is 0.0706. The molecule has 1 spiro atoms. The highest BCUT2D eigenvalue weighted by Crippen LogP contribution is 2.51. The Morgan fingerprint density at radius 3 is 2.33 bits per heavy atom. The lowest BCUT2D eigenvalue weighted by Crippen LogP contribution is -2.60. The molecule has 0 unspecified atom stereocenters. The third kappa shape index (κ3) is 3.23. The molecule has 4 nitrogen and oxygen atoms in total. The second-order valence-electron chi connectivity index (χ2n) is 9.20. The van der Waals surface area contributed by atoms with Crippen molar-refractivity contribution in [2.24, 2.45) is 0 Å². The van der Waals surface area contributed by atoms with Crippen LogP contribution >= 0.6 is 0 Å². The Kier molecular flexibility index (Phi) is 5.10. The van der Waals surface area contributed by atoms with Crippen LogP contribution < -0.4 is 5.32 Å². The number of hydrogen-bond donors (Lipinski definition) is 1. The van der Waals surface area contributed by atoms with Crippen molar-refractivity contribution in [2.75, 3.05) is 0 Å². The molecule has 1 heterocycles. The van der Waals surface area contributed by atoms with E-state index >= 15 is 0 Å². The second kappa shape index (κ2) is 7.90. The molecular weight excluding hydrogens is 372 g/mol. The van der Waals surface area contributed by atoms with Gasteiger partial charge in [-0.1, -0.05) is 74.2 Å². The third-order valence-electron chi connectivity index (χ3n) is 7.44. The van der Waals surface area contributed by atoms with E-state index in [1.54, 1.807) is 0 Å². The summed E-state index contributed by atoms with van der Waals surface area (Å²) < 4.78 is 0. The van der Waals surface area contributed by atoms with Gasteiger partial charge in [0.15, 0.2) is 0 Å². The van der Waals surface area contributed by atoms with E-state index in [-0.39, 0.29) is 23.8 Å². The van der Waals surface area contributed by atoms with Gasteiger partial charge in [0.2, 0.25) is 5.91 Å². The largest absolute Gasteiger partial charge is 0.353 e. The van der Waals surface area contributed by atoms with Gasteiger partial charge in [0.1, 0.15) is 0 Å². The van der Waals surface area contributed by atoms with E-state index in [0.717, 1.165) is 49.7 Å². The quantitative estimate of drug-likeness (QED) is 0.799. The van der Waals surface area contributed by atoms with Crippen molar-refractivity contribution in [1.29, 1.82) is 0 Å². The molecule has 3 aliphatic rings. The topological polar surface area (TPSA) is 49.4 Å². The molecule has 4 heteroatoms. The zero-order valence-corrected chi connectivity index (χ0v) is 17.5. The van der Waals surface area contributed by atoms with Crippen LogP contribution in [0, 0.1) is 0 Å². The number of nitrogens with one attached hydrogen (secondary N) is 1. The van der Waals surface area contributed by atoms with Gasteiger partial charge in [0.25, 0.3) is 5.91 Å². The van der Waals surface area contributed by atoms with E-state index in [0.29, 0.717) is 12.1 Å². The molecule has 5 rings (SSSR count). The fourth-order valence-electron chi connectivity index (χ4n) is 6.02. The van der Waals surface area contributed by atoms with Crippen LogP contribution in [0.5, 0.6) is 0 Å². The summed E-state index contributed by atoms with van der Waals surface area (Å²) in [6, 6.07) is 18.2. The van der Waals surface area contributed by atoms with Gasteiger partial charge in [0.05, 0.1) is 11.5 Å². The Morgan fingerprint density at radius 1 is 0.933 bits per heavy atom. The molecule has 30 heavy (non-hydrogen) atoms. The predicted molar refractivity (Wildman–Crippen MR) is 117 cm³/mol. The van der Waals surface area contributed by atoms with Gasteiger partial charge in [-0.15, -0.1) is 0 Å². The SMILES string of the molecule is O=C(NC1CCCC1)[C@H]1c2ccccc2C(=O)N(Cc2ccccc2)C12CCCC2. The van der Waals surface area contributed by atoms with Gasteiger partial charge < -0.3 is 10.2 Å². The molecule has 0 radical (unpaired) electrons. The van der Waals surface area contributed by atoms with E-state index in [1.165, 1.54) is 12.8 Å². The highest BCUT2D eigenvalue weighted by Gasteiger charge is 2.55. The molecule has 2 aromatic carbocycles. The molecular formula is C26H30N2O2. The van der Waals surface area contributed by atoms with E-state index in [2.05, 4.69) is 17.4 Å². The first-order chi connectivity index (χ1) is 14.7. The van der Waals surface area contributed by atoms with Crippen LogP contribution in [0.25, 0.3) is 0 Å². The maximum atomic E-state index is 13.7. The lowest BCUT2D eigenvalue weighted by Gasteiger charge is -2.50. The molecule has 0 aromatic heterocycles. The summed E-state index contributed by atoms with van der Waals surface area (Å²) in [7, 11) is 0. The Hall–Kier alpha value is -2.62. The summed E-state index contributed by atoms with van der Waals surface area (Å²) in [5.74, 6) is -0.110. The maximum absolute atomic E-state index is 13.7. The van der Waals surface area contributed by atoms with Crippen LogP contribution in [0.2, 0.25) is 0 Å². The monoisotopic (exact) mass is 402 g/mol. The number of nitrogens with zero attached hydrogens (tertiary/aromatic N) is 1. The predicted octanol–water partition coefficient (Wildman–Crippen LogP) is 4.80. The minimum atomic E-state index is -0.427. The fraction of sp³-hybridized carbons (Fsp3) is 0.462. The van der Waals surface area contributed by atoms with Gasteiger partial charge in [0, 0.05) is 18.2 Å². The standard InChI is InChI=1S/C26H30N2O2/c29-24(27-20-12-4-5-13-20)23-21-14-6-7-15-22(21)25(30)28(26(23)16-8-9-17-26)18-19-10-2-1-3-11-19/h1-3,6-7,10-11,14-15,20,23H,4-5,8-9,12-13,16-18H2,(H,27,29)/t23-/m1/s1. The number of rotatable bonds is 4. The zero-order chi connectivity index (χ0) is 20.6. The third-order valence-corrected chi connectivity index (χ3v) is 7.44. The van der Waals surface area contributed by atoms with Gasteiger partial charge in [-0.3, -0.25) is 9.59 Å². The molecule has 0 saturated heterocycles. The molecule has 2 aromatic rings. The molecule has 2 amide bonds. The van der Waals surface area contributed by atoms with Crippen LogP contribution in [0.15, 0.2) is 54.6 Å². The van der Waals surface area contributed by atoms with Crippen molar-refractivity contribution in [3.05, 3.63) is 71.3 Å². The molecule has 1 aliphatic heterocycles. The summed E-state index contributed by atoms with van der Waals surface area (Å²) in [6.45, 7) is 0.557. The number of carbonyl (C=O) groups is 2. The van der Waals surface area contributed by atoms with Crippen LogP contribution in [0.1, 0.15) is 78.8 Å². The molecule has 0 bridgehead atoms. The van der Waals surface area contributed by atoms with E-state index < -0.39 is 5.54 Å². The van der Waals surface area contributed by atoms with Crippen molar-refractivity contribution in [1.82, 2.24) is 10.2 Å². The second-order valence-corrected chi connectivity index (χ2v) is 9.20. The Balaban J connectivity index is 1.58. The highest BCUT2D eigenvalue weighted by atomic mass is 16.2. The van der Waals surface area contributed by atoms with Gasteiger partial charge in [-0.2, -0.15) is 0 Å². The summed E-state index contributed by atoms with van der Waals surface area (Å²) in [5, 5.41) is 3.36. The molecule has 1 atom stereocenters. The fourth-order valence-corrected chi connectivity index (χ4v) is 6.02. The molecule has 1 N–H and O–H groups in total. The zero-order valence-electron chi connectivity index (χ0n) is 17.5. The van der Waals surface area contributed by atoms with Gasteiger partial charge >= 0.3 is 0 Å². The van der Waals surface area contributed by atoms with Crippen LogP contribution in [-0.4, -0.2) is 28.3 Å². The van der Waals surface area contributed by atoms with E-state index in [1.807, 2.05) is 47.4 Å². The maximum Gasteiger partial charge on any atom is 0.254 e. The smallest absolute Gasteiger partial charge is 0.254 e. The number of hydrogen-bond acceptors (Lipinski definition) is 2. The summed E-state index contributed by atoms with van der Waals surface area (Å²) >= 11 is 0. The number of benzene rings is 2. The molecule has 156 valence electrons. The van der Waals surface area contributed by atoms with Gasteiger partial charge in [-0.25, -0.2) is 0 Å². The first-order valence-electron chi connectivity index (χ1n) is 11.4. The summed E-state index contributed by atoms with van der Waals surface area (Å²) in [5.41, 5.74) is 2.30. The number of fused-ring (bicyclic) bond motifs is 1. The lowest BCUT2D eigenvalue weighted by atomic mass is 9.70. The summed E-state index contributed by atoms with van der Waals surface area (Å²) in [6.07, 6.45) is 8.43. The number of amides is 2. The van der Waals surface area contributed by atoms with Crippen LogP contribution in [0.4, 0.5) is 0 Å².